The number of carbonyl (C=O) groups is 2. The summed E-state index contributed by atoms with van der Waals surface area (Å²) < 4.78 is 21.3. The first-order valence-corrected chi connectivity index (χ1v) is 10.5. The number of hydrogen-bond acceptors (Lipinski definition) is 8. The van der Waals surface area contributed by atoms with Crippen LogP contribution in [0, 0.1) is 17.0 Å². The van der Waals surface area contributed by atoms with Crippen LogP contribution >= 0.6 is 0 Å². The number of esters is 1. The molecule has 1 aliphatic rings. The normalized spacial score (nSPS) is 12.6. The van der Waals surface area contributed by atoms with E-state index >= 15 is 0 Å². The van der Waals surface area contributed by atoms with E-state index in [0.29, 0.717) is 31.3 Å². The average molecular weight is 458 g/mol. The molecule has 176 valence electrons. The topological polar surface area (TPSA) is 126 Å². The molecular weight excluding hydrogens is 432 g/mol. The fraction of sp³-hybridized carbons (Fsp3) is 0.391. The van der Waals surface area contributed by atoms with Gasteiger partial charge >= 0.3 is 5.97 Å². The second-order valence-corrected chi connectivity index (χ2v) is 7.79. The maximum Gasteiger partial charge on any atom is 0.344 e. The molecule has 2 aromatic rings. The highest BCUT2D eigenvalue weighted by Gasteiger charge is 2.23. The van der Waals surface area contributed by atoms with Crippen molar-refractivity contribution < 1.29 is 33.5 Å². The molecule has 0 spiro atoms. The lowest BCUT2D eigenvalue weighted by atomic mass is 9.98. The fourth-order valence-electron chi connectivity index (χ4n) is 3.35. The highest BCUT2D eigenvalue weighted by molar-refractivity contribution is 5.95. The number of aryl methyl sites for hydroxylation is 1. The summed E-state index contributed by atoms with van der Waals surface area (Å²) in [5, 5.41) is 13.8. The van der Waals surface area contributed by atoms with Crippen molar-refractivity contribution in [3.63, 3.8) is 0 Å². The van der Waals surface area contributed by atoms with Gasteiger partial charge in [0.25, 0.3) is 11.6 Å². The zero-order chi connectivity index (χ0) is 24.0. The minimum atomic E-state index is -0.746. The first-order valence-electron chi connectivity index (χ1n) is 10.5. The van der Waals surface area contributed by atoms with Crippen LogP contribution < -0.4 is 19.5 Å². The molecule has 33 heavy (non-hydrogen) atoms. The number of amides is 1. The first-order chi connectivity index (χ1) is 15.7. The molecule has 1 heterocycles. The third kappa shape index (κ3) is 6.34. The number of nitro benzene ring substituents is 1. The number of anilines is 1. The van der Waals surface area contributed by atoms with Gasteiger partial charge in [0.1, 0.15) is 11.4 Å². The Kier molecular flexibility index (Phi) is 7.70. The zero-order valence-corrected chi connectivity index (χ0v) is 18.7. The number of nitrogens with zero attached hydrogens (tertiary/aromatic N) is 1. The molecule has 0 bridgehead atoms. The summed E-state index contributed by atoms with van der Waals surface area (Å²) in [7, 11) is 0. The lowest BCUT2D eigenvalue weighted by molar-refractivity contribution is -0.384. The highest BCUT2D eigenvalue weighted by atomic mass is 16.6. The molecule has 3 rings (SSSR count). The van der Waals surface area contributed by atoms with Crippen LogP contribution in [-0.4, -0.2) is 43.2 Å². The number of fused-ring (bicyclic) bond motifs is 1. The molecule has 10 nitrogen and oxygen atoms in total. The van der Waals surface area contributed by atoms with Gasteiger partial charge < -0.3 is 24.3 Å². The molecule has 0 aliphatic carbocycles. The zero-order valence-electron chi connectivity index (χ0n) is 18.7. The standard InChI is InChI=1S/C23H26N2O8/c1-14(2)17-6-5-16(9-15(17)3)32-13-23(27)33-12-22(26)24-18-10-20-21(11-19(18)25(28)29)31-8-4-7-30-20/h5-6,9-11,14H,4,7-8,12-13H2,1-3H3,(H,24,26). The summed E-state index contributed by atoms with van der Waals surface area (Å²) in [6.45, 7) is 5.89. The summed E-state index contributed by atoms with van der Waals surface area (Å²) >= 11 is 0. The molecule has 0 unspecified atom stereocenters. The van der Waals surface area contributed by atoms with E-state index in [1.54, 1.807) is 6.07 Å². The number of ether oxygens (including phenoxy) is 4. The smallest absolute Gasteiger partial charge is 0.344 e. The number of nitro groups is 1. The molecule has 0 saturated carbocycles. The van der Waals surface area contributed by atoms with Gasteiger partial charge in [0.05, 0.1) is 24.2 Å². The van der Waals surface area contributed by atoms with Crippen molar-refractivity contribution in [1.29, 1.82) is 0 Å². The van der Waals surface area contributed by atoms with Crippen LogP contribution in [0.15, 0.2) is 30.3 Å². The minimum absolute atomic E-state index is 0.0812. The Morgan fingerprint density at radius 2 is 1.82 bits per heavy atom. The molecule has 2 aromatic carbocycles. The summed E-state index contributed by atoms with van der Waals surface area (Å²) in [5.41, 5.74) is 1.79. The highest BCUT2D eigenvalue weighted by Crippen LogP contribution is 2.39. The number of carbonyl (C=O) groups excluding carboxylic acids is 2. The van der Waals surface area contributed by atoms with Crippen LogP contribution in [0.1, 0.15) is 37.3 Å². The van der Waals surface area contributed by atoms with Crippen molar-refractivity contribution in [2.45, 2.75) is 33.1 Å². The van der Waals surface area contributed by atoms with E-state index in [1.165, 1.54) is 17.7 Å². The van der Waals surface area contributed by atoms with Crippen molar-refractivity contribution in [2.75, 3.05) is 31.7 Å². The predicted molar refractivity (Wildman–Crippen MR) is 119 cm³/mol. The van der Waals surface area contributed by atoms with Crippen molar-refractivity contribution in [3.05, 3.63) is 51.6 Å². The number of nitrogens with one attached hydrogen (secondary N) is 1. The maximum atomic E-state index is 12.2. The summed E-state index contributed by atoms with van der Waals surface area (Å²) in [6, 6.07) is 8.06. The van der Waals surface area contributed by atoms with Crippen LogP contribution in [0.5, 0.6) is 17.2 Å². The Bertz CT molecular complexity index is 1050. The van der Waals surface area contributed by atoms with Crippen molar-refractivity contribution in [1.82, 2.24) is 0 Å². The molecule has 0 saturated heterocycles. The molecular formula is C23H26N2O8. The van der Waals surface area contributed by atoms with Crippen LogP contribution in [0.4, 0.5) is 11.4 Å². The predicted octanol–water partition coefficient (Wildman–Crippen LogP) is 3.75. The molecule has 1 amide bonds. The van der Waals surface area contributed by atoms with Gasteiger partial charge in [0, 0.05) is 12.5 Å². The van der Waals surface area contributed by atoms with Gasteiger partial charge in [-0.25, -0.2) is 4.79 Å². The lowest BCUT2D eigenvalue weighted by Gasteiger charge is -2.13. The van der Waals surface area contributed by atoms with Crippen molar-refractivity contribution in [2.24, 2.45) is 0 Å². The quantitative estimate of drug-likeness (QED) is 0.360. The van der Waals surface area contributed by atoms with Crippen LogP contribution in [0.25, 0.3) is 0 Å². The third-order valence-electron chi connectivity index (χ3n) is 4.92. The SMILES string of the molecule is Cc1cc(OCC(=O)OCC(=O)Nc2cc3c(cc2[N+](=O)[O-])OCCCO3)ccc1C(C)C. The summed E-state index contributed by atoms with van der Waals surface area (Å²) in [5.74, 6) is -0.0740. The molecule has 1 aliphatic heterocycles. The second kappa shape index (κ2) is 10.7. The Morgan fingerprint density at radius 3 is 2.45 bits per heavy atom. The van der Waals surface area contributed by atoms with Gasteiger partial charge in [-0.1, -0.05) is 19.9 Å². The molecule has 0 radical (unpaired) electrons. The van der Waals surface area contributed by atoms with E-state index in [1.807, 2.05) is 19.1 Å². The molecule has 0 aromatic heterocycles. The number of hydrogen-bond donors (Lipinski definition) is 1. The minimum Gasteiger partial charge on any atom is -0.489 e. The van der Waals surface area contributed by atoms with Gasteiger partial charge in [-0.3, -0.25) is 14.9 Å². The largest absolute Gasteiger partial charge is 0.489 e. The third-order valence-corrected chi connectivity index (χ3v) is 4.92. The summed E-state index contributed by atoms with van der Waals surface area (Å²) in [4.78, 5) is 34.9. The van der Waals surface area contributed by atoms with Crippen molar-refractivity contribution >= 4 is 23.3 Å². The van der Waals surface area contributed by atoms with E-state index in [-0.39, 0.29) is 29.5 Å². The van der Waals surface area contributed by atoms with E-state index < -0.39 is 23.4 Å². The Hall–Kier alpha value is -3.82. The molecule has 0 atom stereocenters. The Labute approximate surface area is 190 Å². The molecule has 0 fully saturated rings. The monoisotopic (exact) mass is 458 g/mol. The molecule has 10 heteroatoms. The molecule has 1 N–H and O–H groups in total. The lowest BCUT2D eigenvalue weighted by Crippen LogP contribution is -2.24. The van der Waals surface area contributed by atoms with E-state index in [2.05, 4.69) is 19.2 Å². The van der Waals surface area contributed by atoms with Gasteiger partial charge in [0.15, 0.2) is 24.7 Å². The fourth-order valence-corrected chi connectivity index (χ4v) is 3.35. The van der Waals surface area contributed by atoms with Crippen LogP contribution in [-0.2, 0) is 14.3 Å². The van der Waals surface area contributed by atoms with Gasteiger partial charge in [-0.2, -0.15) is 0 Å². The Balaban J connectivity index is 1.55. The number of benzene rings is 2. The first kappa shape index (κ1) is 23.8. The summed E-state index contributed by atoms with van der Waals surface area (Å²) in [6.07, 6.45) is 0.629. The second-order valence-electron chi connectivity index (χ2n) is 7.79. The van der Waals surface area contributed by atoms with Gasteiger partial charge in [0.2, 0.25) is 0 Å². The average Bonchev–Trinajstić information content (AvgIpc) is 3.00. The Morgan fingerprint density at radius 1 is 1.12 bits per heavy atom. The van der Waals surface area contributed by atoms with Crippen molar-refractivity contribution in [3.8, 4) is 17.2 Å². The van der Waals surface area contributed by atoms with Crippen LogP contribution in [0.2, 0.25) is 0 Å². The van der Waals surface area contributed by atoms with E-state index in [0.717, 1.165) is 5.56 Å². The van der Waals surface area contributed by atoms with Gasteiger partial charge in [-0.05, 0) is 36.1 Å². The van der Waals surface area contributed by atoms with Gasteiger partial charge in [-0.15, -0.1) is 0 Å². The van der Waals surface area contributed by atoms with E-state index in [9.17, 15) is 19.7 Å². The van der Waals surface area contributed by atoms with E-state index in [4.69, 9.17) is 18.9 Å². The maximum absolute atomic E-state index is 12.2. The number of rotatable bonds is 8. The van der Waals surface area contributed by atoms with Crippen LogP contribution in [0.3, 0.4) is 0 Å².